The van der Waals surface area contributed by atoms with Crippen molar-refractivity contribution in [2.45, 2.75) is 96.5 Å². The molecule has 23 heavy (non-hydrogen) atoms. The van der Waals surface area contributed by atoms with Crippen molar-refractivity contribution >= 4 is 5.97 Å². The zero-order valence-electron chi connectivity index (χ0n) is 15.6. The Labute approximate surface area is 143 Å². The summed E-state index contributed by atoms with van der Waals surface area (Å²) in [5.74, 6) is -0.272. The Hall–Kier alpha value is -0.830. The average molecular weight is 327 g/mol. The number of hydrogen-bond acceptors (Lipinski definition) is 3. The number of carbonyl (C=O) groups excluding carboxylic acids is 1. The van der Waals surface area contributed by atoms with Crippen LogP contribution < -0.4 is 0 Å². The molecule has 3 heteroatoms. The molecule has 136 valence electrons. The van der Waals surface area contributed by atoms with E-state index in [-0.39, 0.29) is 5.97 Å². The number of unbranched alkanes of at least 4 members (excludes halogenated alkanes) is 10. The van der Waals surface area contributed by atoms with Crippen molar-refractivity contribution in [3.8, 4) is 0 Å². The molecule has 0 rings (SSSR count). The van der Waals surface area contributed by atoms with E-state index in [4.69, 9.17) is 9.47 Å². The van der Waals surface area contributed by atoms with Gasteiger partial charge in [-0.2, -0.15) is 0 Å². The Morgan fingerprint density at radius 1 is 0.826 bits per heavy atom. The number of rotatable bonds is 16. The molecule has 3 nitrogen and oxygen atoms in total. The fourth-order valence-electron chi connectivity index (χ4n) is 2.69. The number of ether oxygens (including phenoxy) is 2. The first-order valence-electron chi connectivity index (χ1n) is 9.51. The molecule has 0 aliphatic rings. The highest BCUT2D eigenvalue weighted by atomic mass is 16.6. The van der Waals surface area contributed by atoms with Crippen molar-refractivity contribution in [1.82, 2.24) is 0 Å². The molecule has 1 unspecified atom stereocenters. The topological polar surface area (TPSA) is 35.5 Å². The molecule has 0 fully saturated rings. The van der Waals surface area contributed by atoms with Crippen LogP contribution in [0.2, 0.25) is 0 Å². The summed E-state index contributed by atoms with van der Waals surface area (Å²) in [4.78, 5) is 11.3. The predicted molar refractivity (Wildman–Crippen MR) is 97.6 cm³/mol. The molecule has 0 saturated carbocycles. The van der Waals surface area contributed by atoms with Gasteiger partial charge in [0.25, 0.3) is 0 Å². The molecule has 0 saturated heterocycles. The second-order valence-corrected chi connectivity index (χ2v) is 6.27. The maximum absolute atomic E-state index is 11.3. The zero-order valence-corrected chi connectivity index (χ0v) is 15.6. The molecule has 0 spiro atoms. The first-order valence-corrected chi connectivity index (χ1v) is 9.51. The Morgan fingerprint density at radius 2 is 1.35 bits per heavy atom. The third kappa shape index (κ3) is 14.5. The summed E-state index contributed by atoms with van der Waals surface area (Å²) < 4.78 is 9.81. The molecular formula is C20H38O3. The highest BCUT2D eigenvalue weighted by Gasteiger charge is 2.16. The van der Waals surface area contributed by atoms with Gasteiger partial charge >= 0.3 is 5.97 Å². The van der Waals surface area contributed by atoms with Crippen LogP contribution >= 0.6 is 0 Å². The minimum atomic E-state index is -0.411. The SMILES string of the molecule is CCCCCCCCCCC/C=C\CCCC(OC)C(=O)OC. The lowest BCUT2D eigenvalue weighted by atomic mass is 10.1. The molecule has 0 aromatic heterocycles. The first kappa shape index (κ1) is 22.2. The van der Waals surface area contributed by atoms with Crippen LogP contribution in [0.1, 0.15) is 90.4 Å². The second kappa shape index (κ2) is 17.5. The van der Waals surface area contributed by atoms with E-state index < -0.39 is 6.10 Å². The normalized spacial score (nSPS) is 12.7. The zero-order chi connectivity index (χ0) is 17.2. The predicted octanol–water partition coefficient (Wildman–Crippen LogP) is 5.82. The smallest absolute Gasteiger partial charge is 0.334 e. The number of carbonyl (C=O) groups is 1. The van der Waals surface area contributed by atoms with Gasteiger partial charge in [-0.1, -0.05) is 70.4 Å². The van der Waals surface area contributed by atoms with Crippen LogP contribution in [0.5, 0.6) is 0 Å². The highest BCUT2D eigenvalue weighted by molar-refractivity contribution is 5.74. The molecule has 0 heterocycles. The van der Waals surface area contributed by atoms with Gasteiger partial charge in [-0.05, 0) is 32.1 Å². The van der Waals surface area contributed by atoms with Crippen molar-refractivity contribution < 1.29 is 14.3 Å². The monoisotopic (exact) mass is 326 g/mol. The van der Waals surface area contributed by atoms with E-state index in [1.807, 2.05) is 0 Å². The lowest BCUT2D eigenvalue weighted by molar-refractivity contribution is -0.152. The van der Waals surface area contributed by atoms with Crippen LogP contribution in [0, 0.1) is 0 Å². The third-order valence-corrected chi connectivity index (χ3v) is 4.23. The van der Waals surface area contributed by atoms with Gasteiger partial charge in [0, 0.05) is 7.11 Å². The van der Waals surface area contributed by atoms with Crippen LogP contribution in [-0.2, 0) is 14.3 Å². The van der Waals surface area contributed by atoms with Crippen LogP contribution in [-0.4, -0.2) is 26.3 Å². The van der Waals surface area contributed by atoms with Crippen LogP contribution in [0.25, 0.3) is 0 Å². The number of allylic oxidation sites excluding steroid dienone is 2. The maximum Gasteiger partial charge on any atom is 0.334 e. The van der Waals surface area contributed by atoms with Gasteiger partial charge in [-0.25, -0.2) is 4.79 Å². The first-order chi connectivity index (χ1) is 11.3. The molecule has 0 aliphatic carbocycles. The van der Waals surface area contributed by atoms with Gasteiger partial charge in [0.1, 0.15) is 0 Å². The van der Waals surface area contributed by atoms with E-state index in [0.717, 1.165) is 19.3 Å². The Morgan fingerprint density at radius 3 is 1.87 bits per heavy atom. The van der Waals surface area contributed by atoms with Crippen molar-refractivity contribution in [1.29, 1.82) is 0 Å². The fourth-order valence-corrected chi connectivity index (χ4v) is 2.69. The standard InChI is InChI=1S/C20H38O3/c1-4-5-6-7-8-9-10-11-12-13-14-15-16-17-18-19(22-2)20(21)23-3/h14-15,19H,4-13,16-18H2,1-3H3/b15-14-. The quantitative estimate of drug-likeness (QED) is 0.204. The van der Waals surface area contributed by atoms with Crippen molar-refractivity contribution in [2.24, 2.45) is 0 Å². The summed E-state index contributed by atoms with van der Waals surface area (Å²) in [5.41, 5.74) is 0. The Bertz CT molecular complexity index is 287. The van der Waals surface area contributed by atoms with Crippen LogP contribution in [0.4, 0.5) is 0 Å². The molecular weight excluding hydrogens is 288 g/mol. The maximum atomic E-state index is 11.3. The fraction of sp³-hybridized carbons (Fsp3) is 0.850. The van der Waals surface area contributed by atoms with Gasteiger partial charge in [0.2, 0.25) is 0 Å². The minimum Gasteiger partial charge on any atom is -0.467 e. The summed E-state index contributed by atoms with van der Waals surface area (Å²) in [6.07, 6.45) is 20.4. The summed E-state index contributed by atoms with van der Waals surface area (Å²) in [6.45, 7) is 2.27. The summed E-state index contributed by atoms with van der Waals surface area (Å²) >= 11 is 0. The molecule has 1 atom stereocenters. The molecule has 0 N–H and O–H groups in total. The van der Waals surface area contributed by atoms with Gasteiger partial charge in [-0.3, -0.25) is 0 Å². The van der Waals surface area contributed by atoms with Gasteiger partial charge in [0.15, 0.2) is 6.10 Å². The van der Waals surface area contributed by atoms with Crippen molar-refractivity contribution in [3.63, 3.8) is 0 Å². The molecule has 0 aromatic rings. The van der Waals surface area contributed by atoms with E-state index in [1.165, 1.54) is 71.3 Å². The molecule has 0 aromatic carbocycles. The van der Waals surface area contributed by atoms with E-state index in [9.17, 15) is 4.79 Å². The van der Waals surface area contributed by atoms with Gasteiger partial charge in [-0.15, -0.1) is 0 Å². The van der Waals surface area contributed by atoms with Crippen molar-refractivity contribution in [2.75, 3.05) is 14.2 Å². The summed E-state index contributed by atoms with van der Waals surface area (Å²) in [6, 6.07) is 0. The van der Waals surface area contributed by atoms with E-state index in [1.54, 1.807) is 7.11 Å². The van der Waals surface area contributed by atoms with E-state index in [0.29, 0.717) is 0 Å². The Balaban J connectivity index is 3.33. The largest absolute Gasteiger partial charge is 0.467 e. The summed E-state index contributed by atoms with van der Waals surface area (Å²) in [7, 11) is 2.96. The molecule has 0 radical (unpaired) electrons. The number of esters is 1. The summed E-state index contributed by atoms with van der Waals surface area (Å²) in [5, 5.41) is 0. The van der Waals surface area contributed by atoms with Crippen LogP contribution in [0.3, 0.4) is 0 Å². The lowest BCUT2D eigenvalue weighted by Gasteiger charge is -2.11. The highest BCUT2D eigenvalue weighted by Crippen LogP contribution is 2.11. The Kier molecular flexibility index (Phi) is 16.9. The van der Waals surface area contributed by atoms with E-state index >= 15 is 0 Å². The number of methoxy groups -OCH3 is 2. The van der Waals surface area contributed by atoms with Crippen molar-refractivity contribution in [3.05, 3.63) is 12.2 Å². The number of hydrogen-bond donors (Lipinski definition) is 0. The molecule has 0 aliphatic heterocycles. The lowest BCUT2D eigenvalue weighted by Crippen LogP contribution is -2.24. The van der Waals surface area contributed by atoms with Gasteiger partial charge in [0.05, 0.1) is 7.11 Å². The third-order valence-electron chi connectivity index (χ3n) is 4.23. The minimum absolute atomic E-state index is 0.272. The van der Waals surface area contributed by atoms with Crippen LogP contribution in [0.15, 0.2) is 12.2 Å². The molecule has 0 bridgehead atoms. The van der Waals surface area contributed by atoms with E-state index in [2.05, 4.69) is 19.1 Å². The van der Waals surface area contributed by atoms with Gasteiger partial charge < -0.3 is 9.47 Å². The molecule has 0 amide bonds. The second-order valence-electron chi connectivity index (χ2n) is 6.27. The average Bonchev–Trinajstić information content (AvgIpc) is 2.58.